The van der Waals surface area contributed by atoms with Crippen LogP contribution in [0.4, 0.5) is 0 Å². The number of aliphatic hydroxyl groups is 1. The molecule has 0 aromatic heterocycles. The van der Waals surface area contributed by atoms with Gasteiger partial charge in [0, 0.05) is 11.5 Å². The molecule has 0 aliphatic heterocycles. The number of carbonyl (C=O) groups excluding carboxylic acids is 1. The predicted molar refractivity (Wildman–Crippen MR) is 98.3 cm³/mol. The molecule has 0 fully saturated rings. The maximum Gasteiger partial charge on any atom is 0.257 e. The minimum atomic E-state index is -0.761. The Morgan fingerprint density at radius 1 is 1.25 bits per heavy atom. The minimum absolute atomic E-state index is 0.192. The van der Waals surface area contributed by atoms with Gasteiger partial charge in [-0.05, 0) is 37.6 Å². The van der Waals surface area contributed by atoms with Crippen molar-refractivity contribution in [2.24, 2.45) is 0 Å². The van der Waals surface area contributed by atoms with Crippen LogP contribution < -0.4 is 4.74 Å². The molecular formula is C19H22BrNO3. The van der Waals surface area contributed by atoms with Crippen LogP contribution in [0.2, 0.25) is 0 Å². The van der Waals surface area contributed by atoms with Crippen LogP contribution in [0.15, 0.2) is 53.0 Å². The third-order valence-electron chi connectivity index (χ3n) is 4.00. The Morgan fingerprint density at radius 2 is 1.92 bits per heavy atom. The summed E-state index contributed by atoms with van der Waals surface area (Å²) in [5.74, 6) is 0.348. The molecule has 2 rings (SSSR count). The summed E-state index contributed by atoms with van der Waals surface area (Å²) in [5, 5.41) is 10.5. The number of carbonyl (C=O) groups is 1. The van der Waals surface area contributed by atoms with Gasteiger partial charge in [-0.1, -0.05) is 46.3 Å². The number of benzene rings is 2. The first-order chi connectivity index (χ1) is 11.5. The second kappa shape index (κ2) is 8.31. The van der Waals surface area contributed by atoms with Crippen molar-refractivity contribution in [3.05, 3.63) is 64.1 Å². The molecule has 2 atom stereocenters. The van der Waals surface area contributed by atoms with Crippen LogP contribution in [0.25, 0.3) is 0 Å². The van der Waals surface area contributed by atoms with E-state index in [4.69, 9.17) is 4.74 Å². The van der Waals surface area contributed by atoms with Gasteiger partial charge in [0.25, 0.3) is 5.91 Å². The lowest BCUT2D eigenvalue weighted by Crippen LogP contribution is -2.39. The second-order valence-electron chi connectivity index (χ2n) is 5.59. The smallest absolute Gasteiger partial charge is 0.257 e. The molecule has 0 aliphatic carbocycles. The van der Waals surface area contributed by atoms with Crippen LogP contribution in [-0.4, -0.2) is 35.6 Å². The van der Waals surface area contributed by atoms with E-state index < -0.39 is 6.10 Å². The zero-order valence-corrected chi connectivity index (χ0v) is 15.7. The van der Waals surface area contributed by atoms with Gasteiger partial charge in [0.1, 0.15) is 5.75 Å². The molecular weight excluding hydrogens is 370 g/mol. The van der Waals surface area contributed by atoms with Gasteiger partial charge in [-0.2, -0.15) is 0 Å². The summed E-state index contributed by atoms with van der Waals surface area (Å²) in [6, 6.07) is 14.3. The zero-order valence-electron chi connectivity index (χ0n) is 14.1. The number of ether oxygens (including phenoxy) is 1. The number of aliphatic hydroxyl groups excluding tert-OH is 1. The molecule has 2 unspecified atom stereocenters. The van der Waals surface area contributed by atoms with E-state index >= 15 is 0 Å². The molecule has 0 saturated carbocycles. The molecule has 2 aromatic carbocycles. The van der Waals surface area contributed by atoms with Gasteiger partial charge >= 0.3 is 0 Å². The van der Waals surface area contributed by atoms with Gasteiger partial charge in [-0.3, -0.25) is 4.79 Å². The molecule has 0 aliphatic rings. The molecule has 5 heteroatoms. The molecule has 128 valence electrons. The molecule has 0 spiro atoms. The highest BCUT2D eigenvalue weighted by atomic mass is 79.9. The Balaban J connectivity index is 2.24. The topological polar surface area (TPSA) is 49.8 Å². The highest BCUT2D eigenvalue weighted by molar-refractivity contribution is 9.10. The molecule has 24 heavy (non-hydrogen) atoms. The Morgan fingerprint density at radius 3 is 2.54 bits per heavy atom. The van der Waals surface area contributed by atoms with Gasteiger partial charge in [0.2, 0.25) is 0 Å². The molecule has 1 amide bonds. The van der Waals surface area contributed by atoms with Crippen molar-refractivity contribution in [2.75, 3.05) is 13.7 Å². The quantitative estimate of drug-likeness (QED) is 0.807. The van der Waals surface area contributed by atoms with Gasteiger partial charge < -0.3 is 14.7 Å². The van der Waals surface area contributed by atoms with Crippen LogP contribution in [0, 0.1) is 0 Å². The lowest BCUT2D eigenvalue weighted by atomic mass is 10.0. The molecule has 1 N–H and O–H groups in total. The van der Waals surface area contributed by atoms with E-state index in [9.17, 15) is 9.90 Å². The van der Waals surface area contributed by atoms with Gasteiger partial charge in [0.05, 0.1) is 24.3 Å². The van der Waals surface area contributed by atoms with E-state index in [1.165, 1.54) is 0 Å². The van der Waals surface area contributed by atoms with E-state index in [0.717, 1.165) is 10.0 Å². The van der Waals surface area contributed by atoms with E-state index in [1.54, 1.807) is 24.1 Å². The summed E-state index contributed by atoms with van der Waals surface area (Å²) in [7, 11) is 1.69. The number of hydrogen-bond acceptors (Lipinski definition) is 3. The van der Waals surface area contributed by atoms with Crippen LogP contribution in [-0.2, 0) is 0 Å². The molecule has 4 nitrogen and oxygen atoms in total. The van der Waals surface area contributed by atoms with Gasteiger partial charge in [-0.15, -0.1) is 0 Å². The SMILES string of the molecule is CCOc1ccc(Br)cc1C(=O)N(C)C(C)C(O)c1ccccc1. The maximum absolute atomic E-state index is 12.9. The monoisotopic (exact) mass is 391 g/mol. The Labute approximate surface area is 151 Å². The van der Waals surface area contributed by atoms with Gasteiger partial charge in [-0.25, -0.2) is 0 Å². The predicted octanol–water partition coefficient (Wildman–Crippen LogP) is 4.04. The summed E-state index contributed by atoms with van der Waals surface area (Å²) in [6.07, 6.45) is -0.761. The van der Waals surface area contributed by atoms with Crippen molar-refractivity contribution in [3.8, 4) is 5.75 Å². The highest BCUT2D eigenvalue weighted by Gasteiger charge is 2.26. The molecule has 0 bridgehead atoms. The average molecular weight is 392 g/mol. The van der Waals surface area contributed by atoms with E-state index in [0.29, 0.717) is 17.9 Å². The van der Waals surface area contributed by atoms with E-state index in [1.807, 2.05) is 50.2 Å². The van der Waals surface area contributed by atoms with Crippen LogP contribution in [0.5, 0.6) is 5.75 Å². The van der Waals surface area contributed by atoms with Crippen molar-refractivity contribution < 1.29 is 14.6 Å². The van der Waals surface area contributed by atoms with Crippen molar-refractivity contribution >= 4 is 21.8 Å². The lowest BCUT2D eigenvalue weighted by Gasteiger charge is -2.30. The standard InChI is InChI=1S/C19H22BrNO3/c1-4-24-17-11-10-15(20)12-16(17)19(23)21(3)13(2)18(22)14-8-6-5-7-9-14/h5-13,18,22H,4H2,1-3H3. The van der Waals surface area contributed by atoms with Crippen molar-refractivity contribution in [2.45, 2.75) is 26.0 Å². The summed E-state index contributed by atoms with van der Waals surface area (Å²) in [6.45, 7) is 4.18. The third-order valence-corrected chi connectivity index (χ3v) is 4.49. The van der Waals surface area contributed by atoms with Gasteiger partial charge in [0.15, 0.2) is 0 Å². The van der Waals surface area contributed by atoms with E-state index in [-0.39, 0.29) is 11.9 Å². The Hall–Kier alpha value is -1.85. The summed E-state index contributed by atoms with van der Waals surface area (Å²) in [5.41, 5.74) is 1.25. The Kier molecular flexibility index (Phi) is 6.40. The van der Waals surface area contributed by atoms with Crippen LogP contribution in [0.3, 0.4) is 0 Å². The van der Waals surface area contributed by atoms with Crippen molar-refractivity contribution in [3.63, 3.8) is 0 Å². The fourth-order valence-corrected chi connectivity index (χ4v) is 2.83. The first-order valence-corrected chi connectivity index (χ1v) is 8.67. The number of halogens is 1. The number of hydrogen-bond donors (Lipinski definition) is 1. The molecule has 0 radical (unpaired) electrons. The normalized spacial score (nSPS) is 13.2. The number of rotatable bonds is 6. The summed E-state index contributed by atoms with van der Waals surface area (Å²) < 4.78 is 6.36. The van der Waals surface area contributed by atoms with Crippen LogP contribution >= 0.6 is 15.9 Å². The largest absolute Gasteiger partial charge is 0.493 e. The third kappa shape index (κ3) is 4.16. The molecule has 0 heterocycles. The molecule has 2 aromatic rings. The zero-order chi connectivity index (χ0) is 17.7. The minimum Gasteiger partial charge on any atom is -0.493 e. The fraction of sp³-hybridized carbons (Fsp3) is 0.316. The van der Waals surface area contributed by atoms with E-state index in [2.05, 4.69) is 15.9 Å². The first-order valence-electron chi connectivity index (χ1n) is 7.88. The molecule has 0 saturated heterocycles. The average Bonchev–Trinajstić information content (AvgIpc) is 2.61. The number of amides is 1. The van der Waals surface area contributed by atoms with Crippen molar-refractivity contribution in [1.82, 2.24) is 4.90 Å². The van der Waals surface area contributed by atoms with Crippen LogP contribution in [0.1, 0.15) is 35.9 Å². The lowest BCUT2D eigenvalue weighted by molar-refractivity contribution is 0.0483. The highest BCUT2D eigenvalue weighted by Crippen LogP contribution is 2.27. The maximum atomic E-state index is 12.9. The Bertz CT molecular complexity index is 690. The summed E-state index contributed by atoms with van der Waals surface area (Å²) >= 11 is 3.39. The van der Waals surface area contributed by atoms with Crippen molar-refractivity contribution in [1.29, 1.82) is 0 Å². The summed E-state index contributed by atoms with van der Waals surface area (Å²) in [4.78, 5) is 14.4. The number of likely N-dealkylation sites (N-methyl/N-ethyl adjacent to an activating group) is 1. The number of nitrogens with zero attached hydrogens (tertiary/aromatic N) is 1. The second-order valence-corrected chi connectivity index (χ2v) is 6.50. The first kappa shape index (κ1) is 18.5. The fourth-order valence-electron chi connectivity index (χ4n) is 2.47.